The van der Waals surface area contributed by atoms with E-state index < -0.39 is 0 Å². The summed E-state index contributed by atoms with van der Waals surface area (Å²) < 4.78 is 0. The van der Waals surface area contributed by atoms with E-state index in [4.69, 9.17) is 5.73 Å². The van der Waals surface area contributed by atoms with Crippen LogP contribution < -0.4 is 11.1 Å². The van der Waals surface area contributed by atoms with Gasteiger partial charge < -0.3 is 11.1 Å². The second-order valence-corrected chi connectivity index (χ2v) is 5.61. The summed E-state index contributed by atoms with van der Waals surface area (Å²) in [5.74, 6) is -0.238. The molecule has 3 N–H and O–H groups in total. The third kappa shape index (κ3) is 3.02. The Kier molecular flexibility index (Phi) is 4.59. The van der Waals surface area contributed by atoms with Gasteiger partial charge in [0.05, 0.1) is 6.04 Å². The van der Waals surface area contributed by atoms with Crippen molar-refractivity contribution in [2.75, 3.05) is 32.7 Å². The monoisotopic (exact) mass is 254 g/mol. The first-order valence-electron chi connectivity index (χ1n) is 7.12. The average molecular weight is 254 g/mol. The van der Waals surface area contributed by atoms with Crippen molar-refractivity contribution in [1.29, 1.82) is 0 Å². The molecule has 0 aliphatic carbocycles. The van der Waals surface area contributed by atoms with E-state index in [1.807, 2.05) is 6.92 Å². The number of hydrogen-bond acceptors (Lipinski definition) is 4. The van der Waals surface area contributed by atoms with Crippen LogP contribution in [-0.2, 0) is 4.79 Å². The number of hydrogen-bond donors (Lipinski definition) is 2. The predicted molar refractivity (Wildman–Crippen MR) is 72.3 cm³/mol. The van der Waals surface area contributed by atoms with Crippen LogP contribution in [0.4, 0.5) is 0 Å². The van der Waals surface area contributed by atoms with Gasteiger partial charge in [-0.25, -0.2) is 0 Å². The van der Waals surface area contributed by atoms with Crippen LogP contribution in [0.15, 0.2) is 0 Å². The minimum atomic E-state index is -0.238. The standard InChI is InChI=1S/C13H26N4O/c1-3-15-12(13(14)18)9-17-8-11-5-4-6-16(11)7-10(17)2/h10-12,15H,3-9H2,1-2H3,(H2,14,18). The van der Waals surface area contributed by atoms with E-state index in [1.54, 1.807) is 0 Å². The molecule has 5 nitrogen and oxygen atoms in total. The van der Waals surface area contributed by atoms with Crippen LogP contribution in [0.5, 0.6) is 0 Å². The summed E-state index contributed by atoms with van der Waals surface area (Å²) in [6.45, 7) is 9.24. The smallest absolute Gasteiger partial charge is 0.235 e. The van der Waals surface area contributed by atoms with Crippen LogP contribution in [0.2, 0.25) is 0 Å². The molecule has 0 aromatic heterocycles. The molecular formula is C13H26N4O. The van der Waals surface area contributed by atoms with Crippen molar-refractivity contribution in [3.63, 3.8) is 0 Å². The first kappa shape index (κ1) is 13.8. The third-order valence-corrected chi connectivity index (χ3v) is 4.28. The highest BCUT2D eigenvalue weighted by Crippen LogP contribution is 2.24. The van der Waals surface area contributed by atoms with Crippen LogP contribution in [0.25, 0.3) is 0 Å². The van der Waals surface area contributed by atoms with Gasteiger partial charge in [0.25, 0.3) is 0 Å². The summed E-state index contributed by atoms with van der Waals surface area (Å²) in [5.41, 5.74) is 5.45. The fourth-order valence-corrected chi connectivity index (χ4v) is 3.24. The van der Waals surface area contributed by atoms with Crippen molar-refractivity contribution >= 4 is 5.91 Å². The van der Waals surface area contributed by atoms with Gasteiger partial charge in [0.2, 0.25) is 5.91 Å². The van der Waals surface area contributed by atoms with E-state index in [0.717, 1.165) is 26.2 Å². The highest BCUT2D eigenvalue weighted by atomic mass is 16.1. The van der Waals surface area contributed by atoms with Crippen molar-refractivity contribution in [2.24, 2.45) is 5.73 Å². The van der Waals surface area contributed by atoms with Gasteiger partial charge in [0.15, 0.2) is 0 Å². The van der Waals surface area contributed by atoms with E-state index in [2.05, 4.69) is 22.0 Å². The Morgan fingerprint density at radius 1 is 1.50 bits per heavy atom. The predicted octanol–water partition coefficient (Wildman–Crippen LogP) is -0.382. The molecule has 18 heavy (non-hydrogen) atoms. The molecule has 5 heteroatoms. The topological polar surface area (TPSA) is 61.6 Å². The number of nitrogens with two attached hydrogens (primary N) is 1. The first-order valence-corrected chi connectivity index (χ1v) is 7.12. The lowest BCUT2D eigenvalue weighted by molar-refractivity contribution is -0.120. The summed E-state index contributed by atoms with van der Waals surface area (Å²) in [6.07, 6.45) is 2.61. The summed E-state index contributed by atoms with van der Waals surface area (Å²) in [4.78, 5) is 16.4. The Morgan fingerprint density at radius 3 is 2.94 bits per heavy atom. The molecule has 0 aromatic carbocycles. The second-order valence-electron chi connectivity index (χ2n) is 5.61. The van der Waals surface area contributed by atoms with E-state index >= 15 is 0 Å². The van der Waals surface area contributed by atoms with E-state index in [1.165, 1.54) is 19.4 Å². The number of amides is 1. The van der Waals surface area contributed by atoms with Gasteiger partial charge in [-0.05, 0) is 32.9 Å². The van der Waals surface area contributed by atoms with Crippen LogP contribution in [0.1, 0.15) is 26.7 Å². The maximum absolute atomic E-state index is 11.4. The van der Waals surface area contributed by atoms with Gasteiger partial charge in [0.1, 0.15) is 0 Å². The number of rotatable bonds is 5. The Hall–Kier alpha value is -0.650. The number of nitrogens with zero attached hydrogens (tertiary/aromatic N) is 2. The number of fused-ring (bicyclic) bond motifs is 1. The van der Waals surface area contributed by atoms with Gasteiger partial charge in [-0.1, -0.05) is 6.92 Å². The molecule has 0 aromatic rings. The maximum atomic E-state index is 11.4. The zero-order valence-electron chi connectivity index (χ0n) is 11.6. The molecule has 0 saturated carbocycles. The zero-order valence-corrected chi connectivity index (χ0v) is 11.6. The van der Waals surface area contributed by atoms with Gasteiger partial charge in [-0.3, -0.25) is 14.6 Å². The number of nitrogens with one attached hydrogen (secondary N) is 1. The molecule has 2 saturated heterocycles. The molecule has 0 spiro atoms. The number of likely N-dealkylation sites (N-methyl/N-ethyl adjacent to an activating group) is 1. The lowest BCUT2D eigenvalue weighted by atomic mass is 10.1. The lowest BCUT2D eigenvalue weighted by Crippen LogP contribution is -2.59. The Morgan fingerprint density at radius 2 is 2.28 bits per heavy atom. The molecule has 2 rings (SSSR count). The summed E-state index contributed by atoms with van der Waals surface area (Å²) in [5, 5.41) is 3.18. The fourth-order valence-electron chi connectivity index (χ4n) is 3.24. The second kappa shape index (κ2) is 5.99. The normalized spacial score (nSPS) is 31.2. The van der Waals surface area contributed by atoms with Gasteiger partial charge >= 0.3 is 0 Å². The molecule has 2 heterocycles. The molecule has 0 radical (unpaired) electrons. The molecular weight excluding hydrogens is 228 g/mol. The summed E-state index contributed by atoms with van der Waals surface area (Å²) in [7, 11) is 0. The molecule has 3 atom stereocenters. The number of carbonyl (C=O) groups excluding carboxylic acids is 1. The quantitative estimate of drug-likeness (QED) is 0.702. The number of piperazine rings is 1. The third-order valence-electron chi connectivity index (χ3n) is 4.28. The minimum absolute atomic E-state index is 0.217. The Labute approximate surface area is 110 Å². The zero-order chi connectivity index (χ0) is 13.1. The molecule has 2 aliphatic rings. The van der Waals surface area contributed by atoms with Gasteiger partial charge in [-0.2, -0.15) is 0 Å². The van der Waals surface area contributed by atoms with E-state index in [0.29, 0.717) is 12.1 Å². The van der Waals surface area contributed by atoms with Gasteiger partial charge in [-0.15, -0.1) is 0 Å². The number of primary amides is 1. The van der Waals surface area contributed by atoms with Crippen molar-refractivity contribution < 1.29 is 4.79 Å². The van der Waals surface area contributed by atoms with Crippen LogP contribution in [0, 0.1) is 0 Å². The van der Waals surface area contributed by atoms with E-state index in [-0.39, 0.29) is 11.9 Å². The van der Waals surface area contributed by atoms with Crippen LogP contribution in [-0.4, -0.2) is 66.6 Å². The maximum Gasteiger partial charge on any atom is 0.235 e. The fraction of sp³-hybridized carbons (Fsp3) is 0.923. The molecule has 2 fully saturated rings. The van der Waals surface area contributed by atoms with Crippen molar-refractivity contribution in [1.82, 2.24) is 15.1 Å². The molecule has 104 valence electrons. The first-order chi connectivity index (χ1) is 8.61. The minimum Gasteiger partial charge on any atom is -0.368 e. The summed E-state index contributed by atoms with van der Waals surface area (Å²) in [6, 6.07) is 0.988. The highest BCUT2D eigenvalue weighted by molar-refractivity contribution is 5.80. The SMILES string of the molecule is CCNC(CN1CC2CCCN2CC1C)C(N)=O. The lowest BCUT2D eigenvalue weighted by Gasteiger charge is -2.43. The molecule has 1 amide bonds. The Balaban J connectivity index is 1.93. The average Bonchev–Trinajstić information content (AvgIpc) is 2.75. The van der Waals surface area contributed by atoms with E-state index in [9.17, 15) is 4.79 Å². The summed E-state index contributed by atoms with van der Waals surface area (Å²) >= 11 is 0. The van der Waals surface area contributed by atoms with Gasteiger partial charge in [0, 0.05) is 31.7 Å². The van der Waals surface area contributed by atoms with Crippen molar-refractivity contribution in [3.8, 4) is 0 Å². The van der Waals surface area contributed by atoms with Crippen molar-refractivity contribution in [3.05, 3.63) is 0 Å². The van der Waals surface area contributed by atoms with Crippen LogP contribution in [0.3, 0.4) is 0 Å². The van der Waals surface area contributed by atoms with Crippen molar-refractivity contribution in [2.45, 2.75) is 44.8 Å². The number of carbonyl (C=O) groups is 1. The largest absolute Gasteiger partial charge is 0.368 e. The molecule has 0 bridgehead atoms. The molecule has 3 unspecified atom stereocenters. The van der Waals surface area contributed by atoms with Crippen LogP contribution >= 0.6 is 0 Å². The molecule has 2 aliphatic heterocycles. The highest BCUT2D eigenvalue weighted by Gasteiger charge is 2.35. The Bertz CT molecular complexity index is 297.